The standard InChI is InChI=1S/C19H19NO5/c1-2-5-15(18(22)23)20-10-14-16(21)9-8-12-11-6-3-4-7-13(11)19(24)25-17(12)14/h3-4,6-9,15,20-21H,2,5,10H2,1H3,(H,22,23). The van der Waals surface area contributed by atoms with Gasteiger partial charge < -0.3 is 19.9 Å². The molecule has 0 fully saturated rings. The summed E-state index contributed by atoms with van der Waals surface area (Å²) in [7, 11) is 0. The number of aromatic hydroxyl groups is 1. The summed E-state index contributed by atoms with van der Waals surface area (Å²) in [5.74, 6) is -0.993. The monoisotopic (exact) mass is 341 g/mol. The quantitative estimate of drug-likeness (QED) is 0.471. The van der Waals surface area contributed by atoms with Crippen LogP contribution in [-0.4, -0.2) is 22.2 Å². The van der Waals surface area contributed by atoms with Gasteiger partial charge in [-0.25, -0.2) is 4.79 Å². The second-order valence-electron chi connectivity index (χ2n) is 5.94. The van der Waals surface area contributed by atoms with Gasteiger partial charge in [0.25, 0.3) is 0 Å². The summed E-state index contributed by atoms with van der Waals surface area (Å²) in [6.07, 6.45) is 1.18. The summed E-state index contributed by atoms with van der Waals surface area (Å²) in [4.78, 5) is 23.5. The van der Waals surface area contributed by atoms with Crippen molar-refractivity contribution in [2.24, 2.45) is 0 Å². The molecule has 25 heavy (non-hydrogen) atoms. The van der Waals surface area contributed by atoms with Crippen LogP contribution in [0.15, 0.2) is 45.6 Å². The van der Waals surface area contributed by atoms with Crippen molar-refractivity contribution in [3.8, 4) is 5.75 Å². The molecule has 0 saturated heterocycles. The lowest BCUT2D eigenvalue weighted by Crippen LogP contribution is -2.36. The smallest absolute Gasteiger partial charge is 0.344 e. The van der Waals surface area contributed by atoms with Gasteiger partial charge in [0.05, 0.1) is 10.9 Å². The van der Waals surface area contributed by atoms with Gasteiger partial charge in [-0.05, 0) is 30.0 Å². The van der Waals surface area contributed by atoms with Gasteiger partial charge in [0.15, 0.2) is 0 Å². The third-order valence-corrected chi connectivity index (χ3v) is 4.27. The highest BCUT2D eigenvalue weighted by molar-refractivity contribution is 6.05. The molecular formula is C19H19NO5. The first kappa shape index (κ1) is 17.0. The fraction of sp³-hybridized carbons (Fsp3) is 0.263. The first-order valence-corrected chi connectivity index (χ1v) is 8.15. The van der Waals surface area contributed by atoms with Crippen LogP contribution < -0.4 is 10.9 Å². The first-order chi connectivity index (χ1) is 12.0. The number of carboxylic acids is 1. The second kappa shape index (κ2) is 6.94. The van der Waals surface area contributed by atoms with Crippen LogP contribution in [0.2, 0.25) is 0 Å². The molecule has 0 spiro atoms. The molecular weight excluding hydrogens is 322 g/mol. The third-order valence-electron chi connectivity index (χ3n) is 4.27. The molecule has 1 atom stereocenters. The van der Waals surface area contributed by atoms with Gasteiger partial charge >= 0.3 is 11.6 Å². The van der Waals surface area contributed by atoms with Crippen molar-refractivity contribution in [2.75, 3.05) is 0 Å². The highest BCUT2D eigenvalue weighted by Gasteiger charge is 2.19. The summed E-state index contributed by atoms with van der Waals surface area (Å²) >= 11 is 0. The van der Waals surface area contributed by atoms with Gasteiger partial charge in [-0.2, -0.15) is 0 Å². The minimum absolute atomic E-state index is 0.0425. The normalized spacial score (nSPS) is 12.5. The summed E-state index contributed by atoms with van der Waals surface area (Å²) in [5, 5.41) is 24.3. The van der Waals surface area contributed by atoms with Gasteiger partial charge in [0.2, 0.25) is 0 Å². The zero-order valence-corrected chi connectivity index (χ0v) is 13.8. The number of benzene rings is 2. The summed E-state index contributed by atoms with van der Waals surface area (Å²) in [5.41, 5.74) is 0.165. The minimum Gasteiger partial charge on any atom is -0.507 e. The summed E-state index contributed by atoms with van der Waals surface area (Å²) in [6.45, 7) is 1.99. The molecule has 0 saturated carbocycles. The molecule has 6 heteroatoms. The lowest BCUT2D eigenvalue weighted by atomic mass is 10.0. The lowest BCUT2D eigenvalue weighted by Gasteiger charge is -2.15. The summed E-state index contributed by atoms with van der Waals surface area (Å²) in [6, 6.07) is 9.59. The van der Waals surface area contributed by atoms with Crippen molar-refractivity contribution in [1.29, 1.82) is 0 Å². The highest BCUT2D eigenvalue weighted by Crippen LogP contribution is 2.30. The number of nitrogens with one attached hydrogen (secondary N) is 1. The lowest BCUT2D eigenvalue weighted by molar-refractivity contribution is -0.139. The number of hydrogen-bond donors (Lipinski definition) is 3. The van der Waals surface area contributed by atoms with Gasteiger partial charge in [-0.1, -0.05) is 31.5 Å². The highest BCUT2D eigenvalue weighted by atomic mass is 16.4. The van der Waals surface area contributed by atoms with E-state index in [-0.39, 0.29) is 17.9 Å². The molecule has 1 heterocycles. The van der Waals surface area contributed by atoms with Crippen LogP contribution in [0.1, 0.15) is 25.3 Å². The number of aliphatic carboxylic acids is 1. The van der Waals surface area contributed by atoms with E-state index in [1.807, 2.05) is 19.1 Å². The Hall–Kier alpha value is -2.86. The third kappa shape index (κ3) is 3.21. The fourth-order valence-corrected chi connectivity index (χ4v) is 2.99. The van der Waals surface area contributed by atoms with E-state index in [2.05, 4.69) is 5.32 Å². The van der Waals surface area contributed by atoms with Crippen molar-refractivity contribution in [1.82, 2.24) is 5.32 Å². The predicted molar refractivity (Wildman–Crippen MR) is 94.8 cm³/mol. The van der Waals surface area contributed by atoms with E-state index in [9.17, 15) is 19.8 Å². The molecule has 0 aliphatic heterocycles. The van der Waals surface area contributed by atoms with Gasteiger partial charge in [-0.3, -0.25) is 4.79 Å². The van der Waals surface area contributed by atoms with E-state index in [4.69, 9.17) is 4.42 Å². The van der Waals surface area contributed by atoms with Crippen LogP contribution in [-0.2, 0) is 11.3 Å². The predicted octanol–water partition coefficient (Wildman–Crippen LogP) is 2.99. The molecule has 1 aromatic heterocycles. The maximum Gasteiger partial charge on any atom is 0.344 e. The molecule has 0 aliphatic rings. The first-order valence-electron chi connectivity index (χ1n) is 8.15. The Morgan fingerprint density at radius 3 is 2.56 bits per heavy atom. The molecule has 0 radical (unpaired) electrons. The Morgan fingerprint density at radius 1 is 1.16 bits per heavy atom. The Balaban J connectivity index is 2.10. The molecule has 3 aromatic rings. The number of fused-ring (bicyclic) bond motifs is 3. The molecule has 3 N–H and O–H groups in total. The Morgan fingerprint density at radius 2 is 1.88 bits per heavy atom. The van der Waals surface area contributed by atoms with Gasteiger partial charge in [-0.15, -0.1) is 0 Å². The van der Waals surface area contributed by atoms with Crippen LogP contribution >= 0.6 is 0 Å². The zero-order valence-electron chi connectivity index (χ0n) is 13.8. The van der Waals surface area contributed by atoms with Crippen LogP contribution in [0.3, 0.4) is 0 Å². The van der Waals surface area contributed by atoms with Crippen LogP contribution in [0.25, 0.3) is 21.7 Å². The number of phenols is 1. The van der Waals surface area contributed by atoms with Crippen molar-refractivity contribution in [3.63, 3.8) is 0 Å². The molecule has 6 nitrogen and oxygen atoms in total. The van der Waals surface area contributed by atoms with Crippen molar-refractivity contribution in [3.05, 3.63) is 52.4 Å². The number of carbonyl (C=O) groups is 1. The molecule has 2 aromatic carbocycles. The van der Waals surface area contributed by atoms with E-state index in [1.165, 1.54) is 6.07 Å². The van der Waals surface area contributed by atoms with Crippen LogP contribution in [0.5, 0.6) is 5.75 Å². The number of rotatable bonds is 6. The maximum absolute atomic E-state index is 12.2. The molecule has 130 valence electrons. The van der Waals surface area contributed by atoms with Crippen molar-refractivity contribution < 1.29 is 19.4 Å². The van der Waals surface area contributed by atoms with Gasteiger partial charge in [0.1, 0.15) is 17.4 Å². The molecule has 0 amide bonds. The second-order valence-corrected chi connectivity index (χ2v) is 5.94. The van der Waals surface area contributed by atoms with Gasteiger partial charge in [0, 0.05) is 11.9 Å². The van der Waals surface area contributed by atoms with Crippen molar-refractivity contribution >= 4 is 27.7 Å². The van der Waals surface area contributed by atoms with E-state index >= 15 is 0 Å². The zero-order chi connectivity index (χ0) is 18.0. The van der Waals surface area contributed by atoms with E-state index in [1.54, 1.807) is 18.2 Å². The number of phenolic OH excluding ortho intramolecular Hbond substituents is 1. The average molecular weight is 341 g/mol. The molecule has 1 unspecified atom stereocenters. The molecule has 3 rings (SSSR count). The minimum atomic E-state index is -0.950. The van der Waals surface area contributed by atoms with E-state index in [0.717, 1.165) is 5.39 Å². The largest absolute Gasteiger partial charge is 0.507 e. The Labute approximate surface area is 143 Å². The molecule has 0 aliphatic carbocycles. The summed E-state index contributed by atoms with van der Waals surface area (Å²) < 4.78 is 5.44. The topological polar surface area (TPSA) is 99.8 Å². The average Bonchev–Trinajstić information content (AvgIpc) is 2.60. The fourth-order valence-electron chi connectivity index (χ4n) is 2.99. The van der Waals surface area contributed by atoms with E-state index < -0.39 is 17.6 Å². The Kier molecular flexibility index (Phi) is 4.72. The Bertz CT molecular complexity index is 992. The van der Waals surface area contributed by atoms with Crippen molar-refractivity contribution in [2.45, 2.75) is 32.4 Å². The number of carboxylic acid groups (broad SMARTS) is 1. The number of hydrogen-bond acceptors (Lipinski definition) is 5. The maximum atomic E-state index is 12.2. The van der Waals surface area contributed by atoms with Crippen LogP contribution in [0, 0.1) is 0 Å². The SMILES string of the molecule is CCCC(NCc1c(O)ccc2c1oc(=O)c1ccccc12)C(=O)O. The molecule has 0 bridgehead atoms. The van der Waals surface area contributed by atoms with E-state index in [0.29, 0.717) is 29.2 Å². The van der Waals surface area contributed by atoms with Crippen LogP contribution in [0.4, 0.5) is 0 Å².